The quantitative estimate of drug-likeness (QED) is 0.753. The first-order valence-corrected chi connectivity index (χ1v) is 5.86. The first kappa shape index (κ1) is 10.7. The molecular weight excluding hydrogens is 322 g/mol. The Hall–Kier alpha value is -0.810. The van der Waals surface area contributed by atoms with Gasteiger partial charge in [-0.05, 0) is 50.4 Å². The normalized spacial score (nSPS) is 10.3. The van der Waals surface area contributed by atoms with Crippen molar-refractivity contribution >= 4 is 31.9 Å². The molecule has 0 aliphatic heterocycles. The smallest absolute Gasteiger partial charge is 0.162 e. The van der Waals surface area contributed by atoms with Crippen molar-refractivity contribution in [1.82, 2.24) is 15.0 Å². The van der Waals surface area contributed by atoms with E-state index < -0.39 is 0 Å². The molecule has 76 valence electrons. The van der Waals surface area contributed by atoms with Crippen LogP contribution in [0, 0.1) is 6.92 Å². The van der Waals surface area contributed by atoms with Crippen molar-refractivity contribution in [2.45, 2.75) is 6.92 Å². The van der Waals surface area contributed by atoms with E-state index in [0.29, 0.717) is 5.82 Å². The summed E-state index contributed by atoms with van der Waals surface area (Å²) in [6, 6.07) is 3.71. The van der Waals surface area contributed by atoms with E-state index in [0.717, 1.165) is 20.3 Å². The monoisotopic (exact) mass is 327 g/mol. The zero-order chi connectivity index (χ0) is 10.8. The van der Waals surface area contributed by atoms with Gasteiger partial charge in [-0.1, -0.05) is 0 Å². The van der Waals surface area contributed by atoms with Crippen molar-refractivity contribution < 1.29 is 0 Å². The third kappa shape index (κ3) is 2.41. The van der Waals surface area contributed by atoms with Gasteiger partial charge in [0.15, 0.2) is 5.82 Å². The van der Waals surface area contributed by atoms with Gasteiger partial charge in [0.05, 0.1) is 0 Å². The molecule has 0 aromatic carbocycles. The highest BCUT2D eigenvalue weighted by Gasteiger charge is 2.06. The molecule has 2 aromatic rings. The van der Waals surface area contributed by atoms with Crippen molar-refractivity contribution in [3.8, 4) is 11.4 Å². The molecule has 2 aromatic heterocycles. The third-order valence-electron chi connectivity index (χ3n) is 1.92. The van der Waals surface area contributed by atoms with E-state index in [2.05, 4.69) is 46.8 Å². The average Bonchev–Trinajstić information content (AvgIpc) is 2.16. The van der Waals surface area contributed by atoms with E-state index in [-0.39, 0.29) is 0 Å². The molecule has 0 saturated heterocycles. The minimum atomic E-state index is 0.691. The first-order valence-electron chi connectivity index (χ1n) is 4.28. The van der Waals surface area contributed by atoms with Crippen LogP contribution in [-0.2, 0) is 0 Å². The Bertz CT molecular complexity index is 480. The lowest BCUT2D eigenvalue weighted by Gasteiger charge is -2.04. The van der Waals surface area contributed by atoms with Crippen molar-refractivity contribution in [1.29, 1.82) is 0 Å². The van der Waals surface area contributed by atoms with E-state index in [4.69, 9.17) is 0 Å². The Labute approximate surface area is 104 Å². The summed E-state index contributed by atoms with van der Waals surface area (Å²) in [4.78, 5) is 12.7. The van der Waals surface area contributed by atoms with E-state index in [1.54, 1.807) is 18.5 Å². The number of aromatic nitrogens is 3. The number of halogens is 2. The van der Waals surface area contributed by atoms with Crippen LogP contribution in [0.15, 0.2) is 33.7 Å². The number of hydrogen-bond donors (Lipinski definition) is 0. The highest BCUT2D eigenvalue weighted by Crippen LogP contribution is 2.22. The lowest BCUT2D eigenvalue weighted by Crippen LogP contribution is -1.93. The van der Waals surface area contributed by atoms with E-state index in [1.807, 2.05) is 13.0 Å². The van der Waals surface area contributed by atoms with Gasteiger partial charge in [-0.15, -0.1) is 0 Å². The number of pyridine rings is 1. The predicted molar refractivity (Wildman–Crippen MR) is 65.4 cm³/mol. The lowest BCUT2D eigenvalue weighted by atomic mass is 10.1. The Morgan fingerprint density at radius 3 is 2.40 bits per heavy atom. The molecule has 0 saturated carbocycles. The van der Waals surface area contributed by atoms with Crippen LogP contribution < -0.4 is 0 Å². The molecule has 0 unspecified atom stereocenters. The van der Waals surface area contributed by atoms with Crippen LogP contribution >= 0.6 is 31.9 Å². The van der Waals surface area contributed by atoms with Crippen molar-refractivity contribution in [2.75, 3.05) is 0 Å². The Morgan fingerprint density at radius 1 is 1.13 bits per heavy atom. The minimum absolute atomic E-state index is 0.691. The molecule has 0 amide bonds. The van der Waals surface area contributed by atoms with Gasteiger partial charge in [-0.3, -0.25) is 4.98 Å². The third-order valence-corrected chi connectivity index (χ3v) is 2.74. The molecular formula is C10H7Br2N3. The summed E-state index contributed by atoms with van der Waals surface area (Å²) < 4.78 is 1.52. The van der Waals surface area contributed by atoms with Crippen LogP contribution in [0.3, 0.4) is 0 Å². The fourth-order valence-corrected chi connectivity index (χ4v) is 2.31. The van der Waals surface area contributed by atoms with Crippen molar-refractivity contribution in [2.24, 2.45) is 0 Å². The Morgan fingerprint density at radius 2 is 1.80 bits per heavy atom. The molecule has 3 nitrogen and oxygen atoms in total. The largest absolute Gasteiger partial charge is 0.264 e. The summed E-state index contributed by atoms with van der Waals surface area (Å²) in [5.74, 6) is 0.691. The maximum Gasteiger partial charge on any atom is 0.162 e. The molecule has 0 N–H and O–H groups in total. The molecule has 0 aliphatic carbocycles. The maximum absolute atomic E-state index is 4.31. The number of aryl methyl sites for hydroxylation is 1. The lowest BCUT2D eigenvalue weighted by molar-refractivity contribution is 1.11. The van der Waals surface area contributed by atoms with E-state index >= 15 is 0 Å². The molecule has 5 heteroatoms. The van der Waals surface area contributed by atoms with E-state index in [9.17, 15) is 0 Å². The Kier molecular flexibility index (Phi) is 3.11. The topological polar surface area (TPSA) is 38.7 Å². The standard InChI is InChI=1S/C10H7Br2N3/c1-6-5-13-3-2-7(6)10-14-8(11)4-9(12)15-10/h2-5H,1H3. The maximum atomic E-state index is 4.31. The highest BCUT2D eigenvalue weighted by atomic mass is 79.9. The van der Waals surface area contributed by atoms with Crippen molar-refractivity contribution in [3.63, 3.8) is 0 Å². The van der Waals surface area contributed by atoms with Gasteiger partial charge in [0.25, 0.3) is 0 Å². The minimum Gasteiger partial charge on any atom is -0.264 e. The molecule has 0 atom stereocenters. The first-order chi connectivity index (χ1) is 7.16. The van der Waals surface area contributed by atoms with Gasteiger partial charge < -0.3 is 0 Å². The molecule has 0 radical (unpaired) electrons. The fourth-order valence-electron chi connectivity index (χ4n) is 1.23. The van der Waals surface area contributed by atoms with Gasteiger partial charge in [-0.25, -0.2) is 9.97 Å². The van der Waals surface area contributed by atoms with Gasteiger partial charge in [-0.2, -0.15) is 0 Å². The van der Waals surface area contributed by atoms with Gasteiger partial charge >= 0.3 is 0 Å². The summed E-state index contributed by atoms with van der Waals surface area (Å²) in [7, 11) is 0. The average molecular weight is 329 g/mol. The fraction of sp³-hybridized carbons (Fsp3) is 0.100. The molecule has 0 fully saturated rings. The summed E-state index contributed by atoms with van der Waals surface area (Å²) in [5, 5.41) is 0. The predicted octanol–water partition coefficient (Wildman–Crippen LogP) is 3.37. The number of hydrogen-bond acceptors (Lipinski definition) is 3. The summed E-state index contributed by atoms with van der Waals surface area (Å²) >= 11 is 6.68. The summed E-state index contributed by atoms with van der Waals surface area (Å²) in [6.45, 7) is 1.99. The zero-order valence-corrected chi connectivity index (χ0v) is 11.1. The van der Waals surface area contributed by atoms with Gasteiger partial charge in [0.2, 0.25) is 0 Å². The summed E-state index contributed by atoms with van der Waals surface area (Å²) in [6.07, 6.45) is 3.54. The van der Waals surface area contributed by atoms with Crippen LogP contribution in [-0.4, -0.2) is 15.0 Å². The number of rotatable bonds is 1. The SMILES string of the molecule is Cc1cnccc1-c1nc(Br)cc(Br)n1. The van der Waals surface area contributed by atoms with Crippen molar-refractivity contribution in [3.05, 3.63) is 39.3 Å². The second-order valence-electron chi connectivity index (χ2n) is 3.03. The number of nitrogens with zero attached hydrogens (tertiary/aromatic N) is 3. The van der Waals surface area contributed by atoms with Gasteiger partial charge in [0.1, 0.15) is 9.21 Å². The van der Waals surface area contributed by atoms with Crippen LogP contribution in [0.2, 0.25) is 0 Å². The second-order valence-corrected chi connectivity index (χ2v) is 4.65. The molecule has 2 rings (SSSR count). The molecule has 0 aliphatic rings. The van der Waals surface area contributed by atoms with E-state index in [1.165, 1.54) is 0 Å². The molecule has 0 spiro atoms. The highest BCUT2D eigenvalue weighted by molar-refractivity contribution is 9.11. The van der Waals surface area contributed by atoms with Gasteiger partial charge in [0, 0.05) is 24.0 Å². The van der Waals surface area contributed by atoms with Crippen LogP contribution in [0.1, 0.15) is 5.56 Å². The zero-order valence-electron chi connectivity index (χ0n) is 7.91. The molecule has 15 heavy (non-hydrogen) atoms. The Balaban J connectivity index is 2.59. The molecule has 0 bridgehead atoms. The summed E-state index contributed by atoms with van der Waals surface area (Å²) in [5.41, 5.74) is 2.05. The van der Waals surface area contributed by atoms with Crippen LogP contribution in [0.25, 0.3) is 11.4 Å². The van der Waals surface area contributed by atoms with Crippen LogP contribution in [0.5, 0.6) is 0 Å². The second kappa shape index (κ2) is 4.37. The molecule has 2 heterocycles. The van der Waals surface area contributed by atoms with Crippen LogP contribution in [0.4, 0.5) is 0 Å².